The van der Waals surface area contributed by atoms with E-state index in [9.17, 15) is 0 Å². The molecule has 0 radical (unpaired) electrons. The van der Waals surface area contributed by atoms with Crippen molar-refractivity contribution in [3.63, 3.8) is 0 Å². The van der Waals surface area contributed by atoms with E-state index in [1.165, 1.54) is 5.69 Å². The average molecular weight is 340 g/mol. The number of hydrogen-bond donors (Lipinski definition) is 2. The molecule has 1 aromatic rings. The molecular formula is C20H28N4O. The summed E-state index contributed by atoms with van der Waals surface area (Å²) in [4.78, 5) is 6.86. The fourth-order valence-electron chi connectivity index (χ4n) is 2.60. The third kappa shape index (κ3) is 4.95. The van der Waals surface area contributed by atoms with E-state index >= 15 is 0 Å². The van der Waals surface area contributed by atoms with Crippen LogP contribution in [-0.2, 0) is 4.74 Å². The molecule has 25 heavy (non-hydrogen) atoms. The first kappa shape index (κ1) is 18.8. The van der Waals surface area contributed by atoms with Crippen LogP contribution < -0.4 is 10.6 Å². The van der Waals surface area contributed by atoms with Crippen LogP contribution in [0.1, 0.15) is 33.6 Å². The Kier molecular flexibility index (Phi) is 6.81. The second-order valence-corrected chi connectivity index (χ2v) is 5.91. The first-order chi connectivity index (χ1) is 12.1. The van der Waals surface area contributed by atoms with Crippen molar-refractivity contribution in [1.82, 2.24) is 0 Å². The Morgan fingerprint density at radius 1 is 1.08 bits per heavy atom. The van der Waals surface area contributed by atoms with Crippen LogP contribution in [0.2, 0.25) is 0 Å². The molecule has 5 nitrogen and oxygen atoms in total. The molecule has 1 aromatic carbocycles. The third-order valence-electron chi connectivity index (χ3n) is 4.11. The summed E-state index contributed by atoms with van der Waals surface area (Å²) in [6.45, 7) is 8.96. The van der Waals surface area contributed by atoms with E-state index < -0.39 is 0 Å². The van der Waals surface area contributed by atoms with Gasteiger partial charge in [-0.2, -0.15) is 0 Å². The van der Waals surface area contributed by atoms with Gasteiger partial charge < -0.3 is 15.4 Å². The second kappa shape index (κ2) is 9.06. The van der Waals surface area contributed by atoms with Crippen molar-refractivity contribution in [2.75, 3.05) is 24.6 Å². The van der Waals surface area contributed by atoms with Gasteiger partial charge in [0.1, 0.15) is 5.76 Å². The van der Waals surface area contributed by atoms with Crippen molar-refractivity contribution in [2.24, 2.45) is 10.7 Å². The zero-order valence-electron chi connectivity index (χ0n) is 15.4. The van der Waals surface area contributed by atoms with Crippen molar-refractivity contribution < 1.29 is 4.74 Å². The van der Waals surface area contributed by atoms with Crippen molar-refractivity contribution in [3.05, 3.63) is 47.9 Å². The maximum atomic E-state index is 8.10. The van der Waals surface area contributed by atoms with Crippen LogP contribution in [0.25, 0.3) is 0 Å². The van der Waals surface area contributed by atoms with E-state index in [0.717, 1.165) is 31.6 Å². The molecule has 0 unspecified atom stereocenters. The predicted octanol–water partition coefficient (Wildman–Crippen LogP) is 4.18. The molecule has 0 aliphatic heterocycles. The Balaban J connectivity index is 2.19. The van der Waals surface area contributed by atoms with E-state index in [1.807, 2.05) is 12.1 Å². The second-order valence-electron chi connectivity index (χ2n) is 5.91. The SMILES string of the molecule is CCCCOC1=CC(=Nc2ccc(N(CC)CC)cc2)C(=N)C=C1N. The summed E-state index contributed by atoms with van der Waals surface area (Å²) in [5, 5.41) is 8.10. The summed E-state index contributed by atoms with van der Waals surface area (Å²) in [7, 11) is 0. The van der Waals surface area contributed by atoms with E-state index in [1.54, 1.807) is 12.2 Å². The molecule has 0 saturated heterocycles. The number of nitrogens with zero attached hydrogens (tertiary/aromatic N) is 2. The monoisotopic (exact) mass is 340 g/mol. The highest BCUT2D eigenvalue weighted by atomic mass is 16.5. The van der Waals surface area contributed by atoms with Crippen LogP contribution in [0.4, 0.5) is 11.4 Å². The molecule has 0 fully saturated rings. The Bertz CT molecular complexity index is 682. The lowest BCUT2D eigenvalue weighted by Gasteiger charge is -2.20. The number of nitrogens with one attached hydrogen (secondary N) is 1. The molecule has 0 heterocycles. The van der Waals surface area contributed by atoms with E-state index in [-0.39, 0.29) is 0 Å². The van der Waals surface area contributed by atoms with Crippen molar-refractivity contribution in [3.8, 4) is 0 Å². The summed E-state index contributed by atoms with van der Waals surface area (Å²) < 4.78 is 5.72. The molecule has 0 bridgehead atoms. The number of hydrogen-bond acceptors (Lipinski definition) is 5. The van der Waals surface area contributed by atoms with Gasteiger partial charge in [0, 0.05) is 24.9 Å². The highest BCUT2D eigenvalue weighted by Gasteiger charge is 2.15. The molecule has 134 valence electrons. The first-order valence-electron chi connectivity index (χ1n) is 8.93. The molecule has 0 spiro atoms. The maximum Gasteiger partial charge on any atom is 0.144 e. The van der Waals surface area contributed by atoms with E-state index in [0.29, 0.717) is 29.5 Å². The van der Waals surface area contributed by atoms with Gasteiger partial charge >= 0.3 is 0 Å². The van der Waals surface area contributed by atoms with Gasteiger partial charge in [-0.3, -0.25) is 5.41 Å². The van der Waals surface area contributed by atoms with Gasteiger partial charge in [0.25, 0.3) is 0 Å². The summed E-state index contributed by atoms with van der Waals surface area (Å²) in [6, 6.07) is 8.07. The number of rotatable bonds is 8. The molecule has 3 N–H and O–H groups in total. The number of aliphatic imine (C=N–C) groups is 1. The fourth-order valence-corrected chi connectivity index (χ4v) is 2.60. The number of anilines is 1. The van der Waals surface area contributed by atoms with Crippen LogP contribution in [0, 0.1) is 5.41 Å². The highest BCUT2D eigenvalue weighted by molar-refractivity contribution is 6.50. The van der Waals surface area contributed by atoms with Gasteiger partial charge in [-0.25, -0.2) is 4.99 Å². The van der Waals surface area contributed by atoms with Gasteiger partial charge in [0.2, 0.25) is 0 Å². The molecule has 1 aliphatic carbocycles. The van der Waals surface area contributed by atoms with Crippen molar-refractivity contribution >= 4 is 22.8 Å². The molecule has 0 aromatic heterocycles. The van der Waals surface area contributed by atoms with Crippen LogP contribution in [0.15, 0.2) is 52.9 Å². The van der Waals surface area contributed by atoms with Crippen LogP contribution in [-0.4, -0.2) is 31.1 Å². The molecule has 0 saturated carbocycles. The fraction of sp³-hybridized carbons (Fsp3) is 0.400. The molecule has 0 atom stereocenters. The van der Waals surface area contributed by atoms with Gasteiger partial charge in [-0.05, 0) is 50.6 Å². The largest absolute Gasteiger partial charge is 0.491 e. The number of benzene rings is 1. The van der Waals surface area contributed by atoms with Crippen LogP contribution in [0.5, 0.6) is 0 Å². The number of ether oxygens (including phenoxy) is 1. The van der Waals surface area contributed by atoms with Gasteiger partial charge in [0.15, 0.2) is 0 Å². The molecule has 1 aliphatic rings. The smallest absolute Gasteiger partial charge is 0.144 e. The standard InChI is InChI=1S/C20H28N4O/c1-4-7-12-25-20-14-19(17(21)13-18(20)22)23-15-8-10-16(11-9-15)24(5-2)6-3/h8-11,13-14,21H,4-7,12,22H2,1-3H3. The Hall–Kier alpha value is -2.56. The van der Waals surface area contributed by atoms with Gasteiger partial charge in [-0.1, -0.05) is 13.3 Å². The zero-order valence-corrected chi connectivity index (χ0v) is 15.4. The minimum Gasteiger partial charge on any atom is -0.491 e. The lowest BCUT2D eigenvalue weighted by atomic mass is 10.1. The average Bonchev–Trinajstić information content (AvgIpc) is 2.61. The third-order valence-corrected chi connectivity index (χ3v) is 4.11. The summed E-state index contributed by atoms with van der Waals surface area (Å²) in [5.74, 6) is 0.600. The lowest BCUT2D eigenvalue weighted by molar-refractivity contribution is 0.215. The molecule has 2 rings (SSSR count). The highest BCUT2D eigenvalue weighted by Crippen LogP contribution is 2.22. The van der Waals surface area contributed by atoms with Crippen molar-refractivity contribution in [1.29, 1.82) is 5.41 Å². The van der Waals surface area contributed by atoms with E-state index in [2.05, 4.69) is 42.8 Å². The zero-order chi connectivity index (χ0) is 18.2. The minimum atomic E-state index is 0.299. The summed E-state index contributed by atoms with van der Waals surface area (Å²) in [6.07, 6.45) is 5.39. The normalized spacial score (nSPS) is 15.8. The van der Waals surface area contributed by atoms with Crippen molar-refractivity contribution in [2.45, 2.75) is 33.6 Å². The number of unbranched alkanes of at least 4 members (excludes halogenated alkanes) is 1. The Labute approximate surface area is 150 Å². The topological polar surface area (TPSA) is 74.7 Å². The Morgan fingerprint density at radius 2 is 1.76 bits per heavy atom. The number of allylic oxidation sites excluding steroid dienone is 2. The predicted molar refractivity (Wildman–Crippen MR) is 106 cm³/mol. The quantitative estimate of drug-likeness (QED) is 0.550. The van der Waals surface area contributed by atoms with E-state index in [4.69, 9.17) is 15.9 Å². The van der Waals surface area contributed by atoms with Crippen LogP contribution >= 0.6 is 0 Å². The molecular weight excluding hydrogens is 312 g/mol. The number of nitrogens with two attached hydrogens (primary N) is 1. The molecule has 5 heteroatoms. The lowest BCUT2D eigenvalue weighted by Crippen LogP contribution is -2.21. The minimum absolute atomic E-state index is 0.299. The van der Waals surface area contributed by atoms with Gasteiger partial charge in [0.05, 0.1) is 29.4 Å². The van der Waals surface area contributed by atoms with Crippen LogP contribution in [0.3, 0.4) is 0 Å². The first-order valence-corrected chi connectivity index (χ1v) is 8.93. The molecule has 0 amide bonds. The van der Waals surface area contributed by atoms with Gasteiger partial charge in [-0.15, -0.1) is 0 Å². The maximum absolute atomic E-state index is 8.10. The Morgan fingerprint density at radius 3 is 2.36 bits per heavy atom. The summed E-state index contributed by atoms with van der Waals surface area (Å²) >= 11 is 0. The summed E-state index contributed by atoms with van der Waals surface area (Å²) in [5.41, 5.74) is 9.30.